The second-order valence-corrected chi connectivity index (χ2v) is 5.89. The lowest BCUT2D eigenvalue weighted by Crippen LogP contribution is -2.42. The molecule has 2 aromatic rings. The number of benzene rings is 1. The van der Waals surface area contributed by atoms with E-state index in [9.17, 15) is 0 Å². The molecule has 3 rings (SSSR count). The van der Waals surface area contributed by atoms with Crippen molar-refractivity contribution in [2.24, 2.45) is 0 Å². The lowest BCUT2D eigenvalue weighted by atomic mass is 9.98. The van der Waals surface area contributed by atoms with Crippen LogP contribution < -0.4 is 5.32 Å². The van der Waals surface area contributed by atoms with Gasteiger partial charge in [-0.25, -0.2) is 0 Å². The maximum atomic E-state index is 5.31. The third kappa shape index (κ3) is 3.08. The topological polar surface area (TPSA) is 54.2 Å². The van der Waals surface area contributed by atoms with Gasteiger partial charge in [-0.3, -0.25) is 0 Å². The highest BCUT2D eigenvalue weighted by atomic mass is 16.5. The average molecular weight is 286 g/mol. The van der Waals surface area contributed by atoms with Crippen LogP contribution in [0.1, 0.15) is 25.6 Å². The van der Waals surface area contributed by atoms with Crippen molar-refractivity contribution in [1.82, 2.24) is 15.0 Å². The molecule has 2 unspecified atom stereocenters. The van der Waals surface area contributed by atoms with Gasteiger partial charge in [-0.2, -0.15) is 4.98 Å². The molecule has 1 saturated heterocycles. The van der Waals surface area contributed by atoms with Gasteiger partial charge in [0.2, 0.25) is 0 Å². The van der Waals surface area contributed by atoms with Crippen LogP contribution in [0.3, 0.4) is 0 Å². The first kappa shape index (κ1) is 14.1. The van der Waals surface area contributed by atoms with Gasteiger partial charge in [-0.15, -0.1) is 0 Å². The molecule has 112 valence electrons. The van der Waals surface area contributed by atoms with Crippen molar-refractivity contribution < 1.29 is 4.52 Å². The molecule has 5 heteroatoms. The molecule has 1 aliphatic heterocycles. The maximum Gasteiger partial charge on any atom is 0.260 e. The van der Waals surface area contributed by atoms with Crippen LogP contribution in [0.5, 0.6) is 0 Å². The zero-order valence-electron chi connectivity index (χ0n) is 12.8. The van der Waals surface area contributed by atoms with E-state index >= 15 is 0 Å². The number of para-hydroxylation sites is 1. The largest absolute Gasteiger partial charge is 0.382 e. The molecule has 1 aromatic carbocycles. The van der Waals surface area contributed by atoms with E-state index in [2.05, 4.69) is 40.4 Å². The third-order valence-corrected chi connectivity index (χ3v) is 4.25. The number of rotatable bonds is 3. The Kier molecular flexibility index (Phi) is 3.92. The zero-order chi connectivity index (χ0) is 14.8. The fourth-order valence-electron chi connectivity index (χ4n) is 2.84. The van der Waals surface area contributed by atoms with E-state index in [4.69, 9.17) is 4.52 Å². The average Bonchev–Trinajstić information content (AvgIpc) is 2.90. The molecule has 1 fully saturated rings. The molecular weight excluding hydrogens is 264 g/mol. The molecule has 2 heterocycles. The molecule has 2 atom stereocenters. The van der Waals surface area contributed by atoms with E-state index in [1.165, 1.54) is 0 Å². The second-order valence-electron chi connectivity index (χ2n) is 5.89. The number of hydrogen-bond acceptors (Lipinski definition) is 5. The Morgan fingerprint density at radius 2 is 2.14 bits per heavy atom. The standard InChI is InChI=1S/C16H22N4O/c1-11-10-13(8-9-20(11)3)18-15-7-5-4-6-14(15)16-17-12(2)19-21-16/h4-7,11,13,18H,8-10H2,1-3H3. The first-order valence-corrected chi connectivity index (χ1v) is 7.50. The van der Waals surface area contributed by atoms with Crippen LogP contribution in [0.25, 0.3) is 11.5 Å². The molecule has 1 aromatic heterocycles. The Labute approximate surface area is 125 Å². The summed E-state index contributed by atoms with van der Waals surface area (Å²) in [5, 5.41) is 7.54. The van der Waals surface area contributed by atoms with Crippen molar-refractivity contribution in [1.29, 1.82) is 0 Å². The Morgan fingerprint density at radius 1 is 1.33 bits per heavy atom. The minimum atomic E-state index is 0.487. The number of nitrogens with zero attached hydrogens (tertiary/aromatic N) is 3. The first-order chi connectivity index (χ1) is 10.1. The molecule has 21 heavy (non-hydrogen) atoms. The highest BCUT2D eigenvalue weighted by Crippen LogP contribution is 2.29. The Hall–Kier alpha value is -1.88. The maximum absolute atomic E-state index is 5.31. The van der Waals surface area contributed by atoms with E-state index in [1.54, 1.807) is 0 Å². The van der Waals surface area contributed by atoms with E-state index in [1.807, 2.05) is 25.1 Å². The molecule has 0 spiro atoms. The van der Waals surface area contributed by atoms with Crippen molar-refractivity contribution in [3.63, 3.8) is 0 Å². The molecule has 0 radical (unpaired) electrons. The zero-order valence-corrected chi connectivity index (χ0v) is 12.8. The number of aromatic nitrogens is 2. The van der Waals surface area contributed by atoms with Crippen molar-refractivity contribution >= 4 is 5.69 Å². The Morgan fingerprint density at radius 3 is 2.86 bits per heavy atom. The fourth-order valence-corrected chi connectivity index (χ4v) is 2.84. The number of piperidine rings is 1. The highest BCUT2D eigenvalue weighted by Gasteiger charge is 2.23. The van der Waals surface area contributed by atoms with Gasteiger partial charge in [-0.05, 0) is 45.9 Å². The van der Waals surface area contributed by atoms with Crippen LogP contribution in [0.15, 0.2) is 28.8 Å². The molecule has 5 nitrogen and oxygen atoms in total. The van der Waals surface area contributed by atoms with Crippen LogP contribution in [0.4, 0.5) is 5.69 Å². The van der Waals surface area contributed by atoms with Crippen LogP contribution in [-0.2, 0) is 0 Å². The fraction of sp³-hybridized carbons (Fsp3) is 0.500. The van der Waals surface area contributed by atoms with Crippen LogP contribution in [-0.4, -0.2) is 40.7 Å². The summed E-state index contributed by atoms with van der Waals surface area (Å²) in [5.74, 6) is 1.24. The molecule has 0 bridgehead atoms. The van der Waals surface area contributed by atoms with Crippen molar-refractivity contribution in [3.8, 4) is 11.5 Å². The molecule has 1 aliphatic rings. The summed E-state index contributed by atoms with van der Waals surface area (Å²) in [5.41, 5.74) is 2.05. The normalized spacial score (nSPS) is 23.2. The molecule has 1 N–H and O–H groups in total. The first-order valence-electron chi connectivity index (χ1n) is 7.50. The SMILES string of the molecule is Cc1noc(-c2ccccc2NC2CCN(C)C(C)C2)n1. The summed E-state index contributed by atoms with van der Waals surface area (Å²) in [6.45, 7) is 5.24. The summed E-state index contributed by atoms with van der Waals surface area (Å²) < 4.78 is 5.31. The van der Waals surface area contributed by atoms with Crippen molar-refractivity contribution in [2.75, 3.05) is 18.9 Å². The second kappa shape index (κ2) is 5.85. The predicted octanol–water partition coefficient (Wildman–Crippen LogP) is 2.94. The minimum Gasteiger partial charge on any atom is -0.382 e. The van der Waals surface area contributed by atoms with E-state index in [0.717, 1.165) is 30.6 Å². The summed E-state index contributed by atoms with van der Waals surface area (Å²) in [4.78, 5) is 6.74. The summed E-state index contributed by atoms with van der Waals surface area (Å²) in [7, 11) is 2.19. The van der Waals surface area contributed by atoms with Gasteiger partial charge in [0.05, 0.1) is 5.56 Å². The quantitative estimate of drug-likeness (QED) is 0.940. The van der Waals surface area contributed by atoms with E-state index < -0.39 is 0 Å². The molecule has 0 saturated carbocycles. The predicted molar refractivity (Wildman–Crippen MR) is 83.2 cm³/mol. The van der Waals surface area contributed by atoms with E-state index in [0.29, 0.717) is 23.8 Å². The Bertz CT molecular complexity index is 610. The van der Waals surface area contributed by atoms with Crippen molar-refractivity contribution in [3.05, 3.63) is 30.1 Å². The number of nitrogens with one attached hydrogen (secondary N) is 1. The van der Waals surface area contributed by atoms with Crippen molar-refractivity contribution in [2.45, 2.75) is 38.8 Å². The van der Waals surface area contributed by atoms with Gasteiger partial charge in [0.1, 0.15) is 0 Å². The Balaban J connectivity index is 1.80. The van der Waals surface area contributed by atoms with Gasteiger partial charge in [0.25, 0.3) is 5.89 Å². The number of aryl methyl sites for hydroxylation is 1. The lowest BCUT2D eigenvalue weighted by molar-refractivity contribution is 0.190. The smallest absolute Gasteiger partial charge is 0.260 e. The van der Waals surface area contributed by atoms with Gasteiger partial charge < -0.3 is 14.7 Å². The lowest BCUT2D eigenvalue weighted by Gasteiger charge is -2.36. The molecular formula is C16H22N4O. The van der Waals surface area contributed by atoms with Gasteiger partial charge in [0.15, 0.2) is 5.82 Å². The monoisotopic (exact) mass is 286 g/mol. The number of anilines is 1. The third-order valence-electron chi connectivity index (χ3n) is 4.25. The van der Waals surface area contributed by atoms with E-state index in [-0.39, 0.29) is 0 Å². The van der Waals surface area contributed by atoms with Crippen LogP contribution in [0.2, 0.25) is 0 Å². The van der Waals surface area contributed by atoms with Crippen LogP contribution in [0, 0.1) is 6.92 Å². The molecule has 0 aliphatic carbocycles. The summed E-state index contributed by atoms with van der Waals surface area (Å²) in [6, 6.07) is 9.23. The van der Waals surface area contributed by atoms with Gasteiger partial charge in [-0.1, -0.05) is 17.3 Å². The minimum absolute atomic E-state index is 0.487. The number of likely N-dealkylation sites (tertiary alicyclic amines) is 1. The van der Waals surface area contributed by atoms with Crippen LogP contribution >= 0.6 is 0 Å². The highest BCUT2D eigenvalue weighted by molar-refractivity contribution is 5.72. The van der Waals surface area contributed by atoms with Gasteiger partial charge in [0, 0.05) is 24.3 Å². The van der Waals surface area contributed by atoms with Gasteiger partial charge >= 0.3 is 0 Å². The summed E-state index contributed by atoms with van der Waals surface area (Å²) in [6.07, 6.45) is 2.30. The summed E-state index contributed by atoms with van der Waals surface area (Å²) >= 11 is 0. The number of hydrogen-bond donors (Lipinski definition) is 1. The molecule has 0 amide bonds.